The molecule has 3 aromatic rings. The van der Waals surface area contributed by atoms with E-state index in [0.29, 0.717) is 11.4 Å². The molecular formula is C16H16N6O2S. The Kier molecular flexibility index (Phi) is 4.75. The molecule has 0 bridgehead atoms. The van der Waals surface area contributed by atoms with Crippen LogP contribution in [0.1, 0.15) is 18.4 Å². The third-order valence-electron chi connectivity index (χ3n) is 3.56. The van der Waals surface area contributed by atoms with Gasteiger partial charge in [-0.2, -0.15) is 0 Å². The zero-order valence-corrected chi connectivity index (χ0v) is 14.8. The second-order valence-corrected chi connectivity index (χ2v) is 6.34. The largest absolute Gasteiger partial charge is 0.306 e. The van der Waals surface area contributed by atoms with Gasteiger partial charge >= 0.3 is 0 Å². The molecule has 0 spiro atoms. The Morgan fingerprint density at radius 3 is 2.72 bits per heavy atom. The van der Waals surface area contributed by atoms with Gasteiger partial charge in [0.05, 0.1) is 4.92 Å². The highest BCUT2D eigenvalue weighted by molar-refractivity contribution is 7.99. The smallest absolute Gasteiger partial charge is 0.270 e. The minimum atomic E-state index is -0.429. The molecule has 0 unspecified atom stereocenters. The quantitative estimate of drug-likeness (QED) is 0.392. The zero-order chi connectivity index (χ0) is 18.0. The Morgan fingerprint density at radius 2 is 2.00 bits per heavy atom. The second-order valence-electron chi connectivity index (χ2n) is 5.35. The van der Waals surface area contributed by atoms with E-state index in [9.17, 15) is 10.1 Å². The summed E-state index contributed by atoms with van der Waals surface area (Å²) in [5.74, 6) is 1.29. The van der Waals surface area contributed by atoms with Gasteiger partial charge in [-0.25, -0.2) is 9.97 Å². The first kappa shape index (κ1) is 17.0. The lowest BCUT2D eigenvalue weighted by molar-refractivity contribution is -0.384. The normalized spacial score (nSPS) is 10.8. The highest BCUT2D eigenvalue weighted by Gasteiger charge is 2.14. The van der Waals surface area contributed by atoms with Crippen LogP contribution in [-0.4, -0.2) is 29.7 Å². The van der Waals surface area contributed by atoms with Crippen molar-refractivity contribution in [2.75, 3.05) is 0 Å². The monoisotopic (exact) mass is 356 g/mol. The highest BCUT2D eigenvalue weighted by atomic mass is 32.2. The molecule has 25 heavy (non-hydrogen) atoms. The summed E-state index contributed by atoms with van der Waals surface area (Å²) in [6.45, 7) is 6.56. The van der Waals surface area contributed by atoms with Gasteiger partial charge in [-0.05, 0) is 38.6 Å². The number of hydrogen-bond acceptors (Lipinski definition) is 7. The number of aryl methyl sites for hydroxylation is 2. The molecule has 3 rings (SSSR count). The second kappa shape index (κ2) is 6.98. The number of nitrogens with zero attached hydrogens (tertiary/aromatic N) is 6. The van der Waals surface area contributed by atoms with Crippen LogP contribution < -0.4 is 0 Å². The lowest BCUT2D eigenvalue weighted by Gasteiger charge is -2.07. The molecule has 0 N–H and O–H groups in total. The van der Waals surface area contributed by atoms with Crippen molar-refractivity contribution in [3.05, 3.63) is 52.0 Å². The summed E-state index contributed by atoms with van der Waals surface area (Å²) in [5.41, 5.74) is 1.39. The summed E-state index contributed by atoms with van der Waals surface area (Å²) in [6, 6.07) is 8.16. The fraction of sp³-hybridized carbons (Fsp3) is 0.250. The lowest BCUT2D eigenvalue weighted by Crippen LogP contribution is -2.00. The number of nitro groups is 1. The Bertz CT molecular complexity index is 940. The standard InChI is InChI=1S/C16H16N6O2S/c1-4-21-11(3)19-20-16(21)25-14-8-10(2)17-15(18-14)12-6-5-7-13(9-12)22(23)24/h5-9H,4H2,1-3H3. The van der Waals surface area contributed by atoms with Crippen LogP contribution >= 0.6 is 11.8 Å². The lowest BCUT2D eigenvalue weighted by atomic mass is 10.2. The van der Waals surface area contributed by atoms with Gasteiger partial charge in [-0.1, -0.05) is 12.1 Å². The van der Waals surface area contributed by atoms with E-state index in [4.69, 9.17) is 0 Å². The number of aromatic nitrogens is 5. The molecule has 0 aliphatic carbocycles. The average Bonchev–Trinajstić information content (AvgIpc) is 2.94. The van der Waals surface area contributed by atoms with Gasteiger partial charge in [0, 0.05) is 29.9 Å². The van der Waals surface area contributed by atoms with Gasteiger partial charge < -0.3 is 4.57 Å². The van der Waals surface area contributed by atoms with Gasteiger partial charge in [-0.15, -0.1) is 10.2 Å². The van der Waals surface area contributed by atoms with Crippen LogP contribution in [0.25, 0.3) is 11.4 Å². The van der Waals surface area contributed by atoms with Crippen LogP contribution in [0.3, 0.4) is 0 Å². The number of rotatable bonds is 5. The Balaban J connectivity index is 1.98. The molecule has 2 heterocycles. The van der Waals surface area contributed by atoms with Crippen LogP contribution in [-0.2, 0) is 6.54 Å². The van der Waals surface area contributed by atoms with Crippen LogP contribution in [0.4, 0.5) is 5.69 Å². The third-order valence-corrected chi connectivity index (χ3v) is 4.46. The molecule has 0 saturated carbocycles. The van der Waals surface area contributed by atoms with E-state index < -0.39 is 4.92 Å². The molecule has 0 fully saturated rings. The molecule has 1 aromatic carbocycles. The number of non-ortho nitro benzene ring substituents is 1. The first-order chi connectivity index (χ1) is 12.0. The van der Waals surface area contributed by atoms with Gasteiger partial charge in [0.2, 0.25) is 0 Å². The van der Waals surface area contributed by atoms with Crippen molar-refractivity contribution in [3.63, 3.8) is 0 Å². The van der Waals surface area contributed by atoms with Crippen molar-refractivity contribution in [2.45, 2.75) is 37.5 Å². The number of hydrogen-bond donors (Lipinski definition) is 0. The van der Waals surface area contributed by atoms with Gasteiger partial charge in [0.1, 0.15) is 10.9 Å². The molecule has 0 radical (unpaired) electrons. The van der Waals surface area contributed by atoms with E-state index in [1.54, 1.807) is 12.1 Å². The summed E-state index contributed by atoms with van der Waals surface area (Å²) >= 11 is 1.40. The fourth-order valence-corrected chi connectivity index (χ4v) is 3.38. The summed E-state index contributed by atoms with van der Waals surface area (Å²) in [5, 5.41) is 20.7. The van der Waals surface area contributed by atoms with Crippen LogP contribution in [0, 0.1) is 24.0 Å². The number of nitro benzene ring substituents is 1. The van der Waals surface area contributed by atoms with Crippen LogP contribution in [0.5, 0.6) is 0 Å². The maximum atomic E-state index is 11.0. The van der Waals surface area contributed by atoms with Gasteiger partial charge in [-0.3, -0.25) is 10.1 Å². The van der Waals surface area contributed by atoms with E-state index in [0.717, 1.165) is 28.2 Å². The summed E-state index contributed by atoms with van der Waals surface area (Å²) in [4.78, 5) is 19.5. The van der Waals surface area contributed by atoms with Crippen LogP contribution in [0.2, 0.25) is 0 Å². The van der Waals surface area contributed by atoms with Crippen LogP contribution in [0.15, 0.2) is 40.5 Å². The van der Waals surface area contributed by atoms with Crippen molar-refractivity contribution < 1.29 is 4.92 Å². The van der Waals surface area contributed by atoms with E-state index >= 15 is 0 Å². The van der Waals surface area contributed by atoms with Crippen molar-refractivity contribution >= 4 is 17.4 Å². The summed E-state index contributed by atoms with van der Waals surface area (Å²) < 4.78 is 2.00. The van der Waals surface area contributed by atoms with E-state index in [1.165, 1.54) is 23.9 Å². The third kappa shape index (κ3) is 3.66. The summed E-state index contributed by atoms with van der Waals surface area (Å²) in [7, 11) is 0. The predicted molar refractivity (Wildman–Crippen MR) is 93.4 cm³/mol. The minimum Gasteiger partial charge on any atom is -0.306 e. The average molecular weight is 356 g/mol. The molecule has 128 valence electrons. The van der Waals surface area contributed by atoms with Crippen molar-refractivity contribution in [1.29, 1.82) is 0 Å². The number of benzene rings is 1. The fourth-order valence-electron chi connectivity index (χ4n) is 2.37. The van der Waals surface area contributed by atoms with E-state index in [2.05, 4.69) is 20.2 Å². The Hall–Kier alpha value is -2.81. The SMILES string of the molecule is CCn1c(C)nnc1Sc1cc(C)nc(-c2cccc([N+](=O)[O-])c2)n1. The minimum absolute atomic E-state index is 0.0122. The molecule has 0 aliphatic rings. The van der Waals surface area contributed by atoms with Crippen molar-refractivity contribution in [3.8, 4) is 11.4 Å². The van der Waals surface area contributed by atoms with E-state index in [-0.39, 0.29) is 5.69 Å². The zero-order valence-electron chi connectivity index (χ0n) is 14.0. The maximum absolute atomic E-state index is 11.0. The van der Waals surface area contributed by atoms with Crippen molar-refractivity contribution in [2.24, 2.45) is 0 Å². The maximum Gasteiger partial charge on any atom is 0.270 e. The molecule has 9 heteroatoms. The first-order valence-corrected chi connectivity index (χ1v) is 8.47. The van der Waals surface area contributed by atoms with E-state index in [1.807, 2.05) is 31.4 Å². The summed E-state index contributed by atoms with van der Waals surface area (Å²) in [6.07, 6.45) is 0. The molecule has 0 aliphatic heterocycles. The molecule has 0 atom stereocenters. The Morgan fingerprint density at radius 1 is 1.20 bits per heavy atom. The molecule has 0 saturated heterocycles. The molecule has 2 aromatic heterocycles. The first-order valence-electron chi connectivity index (χ1n) is 7.66. The van der Waals surface area contributed by atoms with Gasteiger partial charge in [0.25, 0.3) is 5.69 Å². The van der Waals surface area contributed by atoms with Gasteiger partial charge in [0.15, 0.2) is 11.0 Å². The molecule has 0 amide bonds. The Labute approximate surface area is 148 Å². The predicted octanol–water partition coefficient (Wildman–Crippen LogP) is 3.43. The molecular weight excluding hydrogens is 340 g/mol. The topological polar surface area (TPSA) is 99.6 Å². The van der Waals surface area contributed by atoms with Crippen molar-refractivity contribution in [1.82, 2.24) is 24.7 Å². The molecule has 8 nitrogen and oxygen atoms in total. The highest BCUT2D eigenvalue weighted by Crippen LogP contribution is 2.28.